The van der Waals surface area contributed by atoms with Gasteiger partial charge in [0.2, 0.25) is 0 Å². The number of hydrogen-bond donors (Lipinski definition) is 2. The van der Waals surface area contributed by atoms with Crippen LogP contribution in [0.1, 0.15) is 24.2 Å². The molecular weight excluding hydrogens is 390 g/mol. The van der Waals surface area contributed by atoms with E-state index in [2.05, 4.69) is 31.4 Å². The number of hydrogen-bond acceptors (Lipinski definition) is 6. The molecule has 1 fully saturated rings. The summed E-state index contributed by atoms with van der Waals surface area (Å²) in [6.07, 6.45) is 7.01. The van der Waals surface area contributed by atoms with Gasteiger partial charge in [-0.05, 0) is 18.2 Å². The summed E-state index contributed by atoms with van der Waals surface area (Å²) >= 11 is 0. The first-order chi connectivity index (χ1) is 14.6. The van der Waals surface area contributed by atoms with E-state index in [1.165, 1.54) is 12.1 Å². The zero-order valence-electron chi connectivity index (χ0n) is 16.1. The second-order valence-electron chi connectivity index (χ2n) is 6.86. The van der Waals surface area contributed by atoms with Crippen molar-refractivity contribution in [3.8, 4) is 17.1 Å². The lowest BCUT2D eigenvalue weighted by Gasteiger charge is -2.33. The molecule has 1 aliphatic rings. The van der Waals surface area contributed by atoms with Crippen LogP contribution in [0.5, 0.6) is 5.75 Å². The molecule has 154 valence electrons. The number of aromatic amines is 1. The third kappa shape index (κ3) is 3.91. The van der Waals surface area contributed by atoms with E-state index in [9.17, 15) is 8.78 Å². The molecule has 0 radical (unpaired) electrons. The molecule has 1 saturated heterocycles. The predicted octanol–water partition coefficient (Wildman–Crippen LogP) is 3.83. The standard InChI is InChI=1S/C21H20F2N6O/c1-2-16-17(10-24)27-20(18-11-25-12-26-18)21(28-16)29-7-5-14(6-8-29)30-19-4-3-13(22)9-15(19)23/h2-4,9-12,14,24H,1,5-8H2,(H,25,26). The monoisotopic (exact) mass is 410 g/mol. The molecule has 0 saturated carbocycles. The molecule has 0 atom stereocenters. The van der Waals surface area contributed by atoms with Crippen LogP contribution in [0.15, 0.2) is 37.3 Å². The van der Waals surface area contributed by atoms with E-state index in [1.807, 2.05) is 0 Å². The van der Waals surface area contributed by atoms with Crippen molar-refractivity contribution in [1.82, 2.24) is 19.9 Å². The van der Waals surface area contributed by atoms with Gasteiger partial charge in [-0.25, -0.2) is 23.7 Å². The minimum atomic E-state index is -0.706. The van der Waals surface area contributed by atoms with Crippen LogP contribution in [0.3, 0.4) is 0 Å². The average molecular weight is 410 g/mol. The largest absolute Gasteiger partial charge is 0.487 e. The van der Waals surface area contributed by atoms with Crippen molar-refractivity contribution in [1.29, 1.82) is 5.41 Å². The fourth-order valence-corrected chi connectivity index (χ4v) is 3.43. The van der Waals surface area contributed by atoms with Gasteiger partial charge in [0.05, 0.1) is 23.9 Å². The summed E-state index contributed by atoms with van der Waals surface area (Å²) < 4.78 is 32.7. The lowest BCUT2D eigenvalue weighted by Crippen LogP contribution is -2.39. The zero-order valence-corrected chi connectivity index (χ0v) is 16.1. The van der Waals surface area contributed by atoms with Crippen molar-refractivity contribution < 1.29 is 13.5 Å². The Morgan fingerprint density at radius 3 is 2.63 bits per heavy atom. The zero-order chi connectivity index (χ0) is 21.1. The summed E-state index contributed by atoms with van der Waals surface area (Å²) in [6.45, 7) is 4.99. The van der Waals surface area contributed by atoms with E-state index < -0.39 is 11.6 Å². The lowest BCUT2D eigenvalue weighted by molar-refractivity contribution is 0.163. The van der Waals surface area contributed by atoms with Crippen molar-refractivity contribution in [2.45, 2.75) is 18.9 Å². The van der Waals surface area contributed by atoms with Crippen LogP contribution in [0, 0.1) is 17.0 Å². The van der Waals surface area contributed by atoms with Gasteiger partial charge in [0.15, 0.2) is 17.4 Å². The fraction of sp³-hybridized carbons (Fsp3) is 0.238. The van der Waals surface area contributed by atoms with Crippen LogP contribution < -0.4 is 9.64 Å². The number of nitrogens with zero attached hydrogens (tertiary/aromatic N) is 4. The molecule has 0 spiro atoms. The molecule has 3 aromatic rings. The normalized spacial score (nSPS) is 14.5. The quantitative estimate of drug-likeness (QED) is 0.603. The minimum absolute atomic E-state index is 0.0528. The summed E-state index contributed by atoms with van der Waals surface area (Å²) in [5.74, 6) is -0.628. The van der Waals surface area contributed by atoms with E-state index in [0.717, 1.165) is 12.3 Å². The van der Waals surface area contributed by atoms with Crippen LogP contribution in [-0.4, -0.2) is 45.3 Å². The van der Waals surface area contributed by atoms with E-state index in [1.54, 1.807) is 18.6 Å². The molecule has 1 aliphatic heterocycles. The number of halogens is 2. The maximum absolute atomic E-state index is 13.9. The highest BCUT2D eigenvalue weighted by Gasteiger charge is 2.26. The number of aromatic nitrogens is 4. The van der Waals surface area contributed by atoms with Crippen molar-refractivity contribution in [2.24, 2.45) is 0 Å². The topological polar surface area (TPSA) is 90.8 Å². The van der Waals surface area contributed by atoms with Gasteiger partial charge in [0.1, 0.15) is 23.3 Å². The Hall–Kier alpha value is -3.62. The van der Waals surface area contributed by atoms with Crippen molar-refractivity contribution in [3.05, 3.63) is 60.3 Å². The van der Waals surface area contributed by atoms with Gasteiger partial charge >= 0.3 is 0 Å². The highest BCUT2D eigenvalue weighted by atomic mass is 19.1. The molecule has 2 aromatic heterocycles. The second kappa shape index (κ2) is 8.40. The number of ether oxygens (including phenoxy) is 1. The molecule has 0 bridgehead atoms. The van der Waals surface area contributed by atoms with Gasteiger partial charge in [-0.15, -0.1) is 0 Å². The van der Waals surface area contributed by atoms with E-state index in [0.29, 0.717) is 54.5 Å². The van der Waals surface area contributed by atoms with Gasteiger partial charge in [-0.2, -0.15) is 0 Å². The molecule has 30 heavy (non-hydrogen) atoms. The van der Waals surface area contributed by atoms with Gasteiger partial charge in [0.25, 0.3) is 0 Å². The Morgan fingerprint density at radius 2 is 2.00 bits per heavy atom. The maximum Gasteiger partial charge on any atom is 0.167 e. The molecule has 0 aliphatic carbocycles. The Morgan fingerprint density at radius 1 is 1.20 bits per heavy atom. The highest BCUT2D eigenvalue weighted by molar-refractivity contribution is 5.83. The summed E-state index contributed by atoms with van der Waals surface area (Å²) in [5.41, 5.74) is 2.24. The second-order valence-corrected chi connectivity index (χ2v) is 6.86. The molecule has 0 amide bonds. The Kier molecular flexibility index (Phi) is 5.51. The van der Waals surface area contributed by atoms with Gasteiger partial charge in [0, 0.05) is 38.2 Å². The summed E-state index contributed by atoms with van der Waals surface area (Å²) in [4.78, 5) is 18.4. The van der Waals surface area contributed by atoms with Crippen molar-refractivity contribution >= 4 is 18.1 Å². The first-order valence-electron chi connectivity index (χ1n) is 9.49. The molecule has 4 rings (SSSR count). The van der Waals surface area contributed by atoms with E-state index in [-0.39, 0.29) is 11.9 Å². The SMILES string of the molecule is C=Cc1nc(N2CCC(Oc3ccc(F)cc3F)CC2)c(-c2cnc[nH]2)nc1C=N. The Balaban J connectivity index is 1.55. The first kappa shape index (κ1) is 19.7. The summed E-state index contributed by atoms with van der Waals surface area (Å²) in [7, 11) is 0. The molecular formula is C21H20F2N6O. The third-order valence-corrected chi connectivity index (χ3v) is 4.95. The van der Waals surface area contributed by atoms with Crippen LogP contribution in [0.4, 0.5) is 14.6 Å². The smallest absolute Gasteiger partial charge is 0.167 e. The number of nitrogens with one attached hydrogen (secondary N) is 2. The molecule has 7 nitrogen and oxygen atoms in total. The number of piperidine rings is 1. The minimum Gasteiger partial charge on any atom is -0.487 e. The van der Waals surface area contributed by atoms with Crippen LogP contribution >= 0.6 is 0 Å². The maximum atomic E-state index is 13.9. The summed E-state index contributed by atoms with van der Waals surface area (Å²) in [6, 6.07) is 3.31. The Bertz CT molecular complexity index is 1060. The predicted molar refractivity (Wildman–Crippen MR) is 110 cm³/mol. The molecule has 3 heterocycles. The van der Waals surface area contributed by atoms with Crippen LogP contribution in [0.25, 0.3) is 17.5 Å². The number of rotatable bonds is 6. The van der Waals surface area contributed by atoms with Gasteiger partial charge in [-0.3, -0.25) is 0 Å². The van der Waals surface area contributed by atoms with Crippen molar-refractivity contribution in [2.75, 3.05) is 18.0 Å². The number of benzene rings is 1. The highest BCUT2D eigenvalue weighted by Crippen LogP contribution is 2.30. The Labute approximate surface area is 172 Å². The van der Waals surface area contributed by atoms with Gasteiger partial charge < -0.3 is 20.0 Å². The third-order valence-electron chi connectivity index (χ3n) is 4.95. The molecule has 1 aromatic carbocycles. The number of imidazole rings is 1. The average Bonchev–Trinajstić information content (AvgIpc) is 3.30. The van der Waals surface area contributed by atoms with E-state index in [4.69, 9.17) is 10.1 Å². The van der Waals surface area contributed by atoms with Crippen LogP contribution in [-0.2, 0) is 0 Å². The number of H-pyrrole nitrogens is 1. The van der Waals surface area contributed by atoms with Crippen molar-refractivity contribution in [3.63, 3.8) is 0 Å². The van der Waals surface area contributed by atoms with Crippen LogP contribution in [0.2, 0.25) is 0 Å². The molecule has 9 heteroatoms. The van der Waals surface area contributed by atoms with E-state index >= 15 is 0 Å². The number of anilines is 1. The van der Waals surface area contributed by atoms with Gasteiger partial charge in [-0.1, -0.05) is 6.58 Å². The molecule has 2 N–H and O–H groups in total. The molecule has 0 unspecified atom stereocenters. The summed E-state index contributed by atoms with van der Waals surface area (Å²) in [5, 5.41) is 7.60. The first-order valence-corrected chi connectivity index (χ1v) is 9.49. The lowest BCUT2D eigenvalue weighted by atomic mass is 10.1. The fourth-order valence-electron chi connectivity index (χ4n) is 3.43.